The third-order valence-corrected chi connectivity index (χ3v) is 4.06. The summed E-state index contributed by atoms with van der Waals surface area (Å²) in [7, 11) is 1.79. The average molecular weight is 261 g/mol. The molecule has 4 nitrogen and oxygen atoms in total. The van der Waals surface area contributed by atoms with E-state index in [0.29, 0.717) is 12.0 Å². The molecule has 0 spiro atoms. The number of nitrogens with zero attached hydrogens (tertiary/aromatic N) is 1. The molecular weight excluding hydrogens is 238 g/mol. The molecule has 3 N–H and O–H groups in total. The van der Waals surface area contributed by atoms with Crippen molar-refractivity contribution in [2.45, 2.75) is 26.4 Å². The summed E-state index contributed by atoms with van der Waals surface area (Å²) >= 11 is 0. The number of ether oxygens (including phenoxy) is 1. The minimum atomic E-state index is 0.131. The molecule has 1 aromatic rings. The molecule has 2 atom stereocenters. The van der Waals surface area contributed by atoms with Crippen molar-refractivity contribution in [3.63, 3.8) is 0 Å². The van der Waals surface area contributed by atoms with Crippen LogP contribution in [0.25, 0.3) is 0 Å². The standard InChI is InChI=1S/C15H23N3O/c1-10-6-7-18(9-14(10)19-3)12-4-5-13(15(16)17)11(2)8-12/h4-5,8,10,14H,6-7,9H2,1-3H3,(H3,16,17). The fourth-order valence-electron chi connectivity index (χ4n) is 2.72. The second kappa shape index (κ2) is 5.61. The van der Waals surface area contributed by atoms with Gasteiger partial charge in [0.15, 0.2) is 0 Å². The minimum absolute atomic E-state index is 0.131. The maximum Gasteiger partial charge on any atom is 0.123 e. The van der Waals surface area contributed by atoms with E-state index >= 15 is 0 Å². The fraction of sp³-hybridized carbons (Fsp3) is 0.533. The molecule has 1 heterocycles. The highest BCUT2D eigenvalue weighted by Gasteiger charge is 2.26. The van der Waals surface area contributed by atoms with E-state index in [1.165, 1.54) is 5.69 Å². The zero-order chi connectivity index (χ0) is 14.0. The summed E-state index contributed by atoms with van der Waals surface area (Å²) in [4.78, 5) is 2.35. The lowest BCUT2D eigenvalue weighted by atomic mass is 9.95. The lowest BCUT2D eigenvalue weighted by Gasteiger charge is -2.37. The van der Waals surface area contributed by atoms with Gasteiger partial charge in [-0.15, -0.1) is 0 Å². The zero-order valence-corrected chi connectivity index (χ0v) is 11.9. The van der Waals surface area contributed by atoms with Crippen LogP contribution < -0.4 is 10.6 Å². The number of amidine groups is 1. The van der Waals surface area contributed by atoms with E-state index in [-0.39, 0.29) is 5.84 Å². The quantitative estimate of drug-likeness (QED) is 0.647. The van der Waals surface area contributed by atoms with Gasteiger partial charge in [-0.25, -0.2) is 0 Å². The number of nitrogen functional groups attached to an aromatic ring is 1. The Morgan fingerprint density at radius 1 is 1.47 bits per heavy atom. The molecule has 1 saturated heterocycles. The summed E-state index contributed by atoms with van der Waals surface area (Å²) < 4.78 is 5.55. The molecule has 1 fully saturated rings. The van der Waals surface area contributed by atoms with Gasteiger partial charge in [0.2, 0.25) is 0 Å². The van der Waals surface area contributed by atoms with Crippen LogP contribution in [-0.4, -0.2) is 32.1 Å². The molecule has 0 saturated carbocycles. The SMILES string of the molecule is COC1CN(c2ccc(C(=N)N)c(C)c2)CCC1C. The molecule has 19 heavy (non-hydrogen) atoms. The van der Waals surface area contributed by atoms with Crippen LogP contribution in [0.2, 0.25) is 0 Å². The molecular formula is C15H23N3O. The number of benzene rings is 1. The van der Waals surface area contributed by atoms with Gasteiger partial charge in [-0.05, 0) is 43.0 Å². The van der Waals surface area contributed by atoms with Gasteiger partial charge in [-0.3, -0.25) is 5.41 Å². The van der Waals surface area contributed by atoms with E-state index < -0.39 is 0 Å². The molecule has 0 aliphatic carbocycles. The number of nitrogens with one attached hydrogen (secondary N) is 1. The predicted molar refractivity (Wildman–Crippen MR) is 79.0 cm³/mol. The number of piperidine rings is 1. The highest BCUT2D eigenvalue weighted by molar-refractivity contribution is 5.96. The van der Waals surface area contributed by atoms with Crippen LogP contribution >= 0.6 is 0 Å². The van der Waals surface area contributed by atoms with Crippen LogP contribution in [0.3, 0.4) is 0 Å². The Balaban J connectivity index is 2.18. The topological polar surface area (TPSA) is 62.3 Å². The first-order valence-electron chi connectivity index (χ1n) is 6.75. The van der Waals surface area contributed by atoms with E-state index in [4.69, 9.17) is 15.9 Å². The number of anilines is 1. The van der Waals surface area contributed by atoms with Crippen LogP contribution in [0.5, 0.6) is 0 Å². The Labute approximate surface area is 115 Å². The Kier molecular flexibility index (Phi) is 4.10. The second-order valence-electron chi connectivity index (χ2n) is 5.40. The number of hydrogen-bond acceptors (Lipinski definition) is 3. The predicted octanol–water partition coefficient (Wildman–Crippen LogP) is 2.14. The van der Waals surface area contributed by atoms with Crippen molar-refractivity contribution >= 4 is 11.5 Å². The molecule has 104 valence electrons. The van der Waals surface area contributed by atoms with Crippen molar-refractivity contribution in [1.29, 1.82) is 5.41 Å². The Morgan fingerprint density at radius 3 is 2.79 bits per heavy atom. The highest BCUT2D eigenvalue weighted by atomic mass is 16.5. The summed E-state index contributed by atoms with van der Waals surface area (Å²) in [5.74, 6) is 0.741. The summed E-state index contributed by atoms with van der Waals surface area (Å²) in [5.41, 5.74) is 8.62. The first-order valence-corrected chi connectivity index (χ1v) is 6.75. The highest BCUT2D eigenvalue weighted by Crippen LogP contribution is 2.26. The maximum absolute atomic E-state index is 7.52. The van der Waals surface area contributed by atoms with Gasteiger partial charge in [-0.1, -0.05) is 6.92 Å². The lowest BCUT2D eigenvalue weighted by molar-refractivity contribution is 0.0498. The fourth-order valence-corrected chi connectivity index (χ4v) is 2.72. The smallest absolute Gasteiger partial charge is 0.123 e. The van der Waals surface area contributed by atoms with Crippen molar-refractivity contribution in [3.8, 4) is 0 Å². The van der Waals surface area contributed by atoms with E-state index in [9.17, 15) is 0 Å². The van der Waals surface area contributed by atoms with Crippen molar-refractivity contribution in [2.75, 3.05) is 25.1 Å². The number of aryl methyl sites for hydroxylation is 1. The van der Waals surface area contributed by atoms with Crippen LogP contribution in [0.1, 0.15) is 24.5 Å². The normalized spacial score (nSPS) is 23.4. The molecule has 0 bridgehead atoms. The molecule has 1 aromatic carbocycles. The largest absolute Gasteiger partial charge is 0.384 e. The molecule has 2 unspecified atom stereocenters. The van der Waals surface area contributed by atoms with Gasteiger partial charge in [0, 0.05) is 31.5 Å². The summed E-state index contributed by atoms with van der Waals surface area (Å²) in [6, 6.07) is 6.10. The third-order valence-electron chi connectivity index (χ3n) is 4.06. The lowest BCUT2D eigenvalue weighted by Crippen LogP contribution is -2.44. The molecule has 2 rings (SSSR count). The molecule has 0 aromatic heterocycles. The number of nitrogens with two attached hydrogens (primary N) is 1. The number of methoxy groups -OCH3 is 1. The Morgan fingerprint density at radius 2 is 2.21 bits per heavy atom. The van der Waals surface area contributed by atoms with E-state index in [2.05, 4.69) is 17.9 Å². The van der Waals surface area contributed by atoms with Crippen molar-refractivity contribution in [3.05, 3.63) is 29.3 Å². The van der Waals surface area contributed by atoms with Crippen molar-refractivity contribution in [2.24, 2.45) is 11.7 Å². The summed E-state index contributed by atoms with van der Waals surface area (Å²) in [6.45, 7) is 6.23. The molecule has 4 heteroatoms. The second-order valence-corrected chi connectivity index (χ2v) is 5.40. The van der Waals surface area contributed by atoms with E-state index in [0.717, 1.165) is 30.6 Å². The van der Waals surface area contributed by atoms with Crippen molar-refractivity contribution in [1.82, 2.24) is 0 Å². The number of hydrogen-bond donors (Lipinski definition) is 2. The van der Waals surface area contributed by atoms with E-state index in [1.54, 1.807) is 7.11 Å². The monoisotopic (exact) mass is 261 g/mol. The maximum atomic E-state index is 7.52. The average Bonchev–Trinajstić information content (AvgIpc) is 2.38. The van der Waals surface area contributed by atoms with Gasteiger partial charge in [0.25, 0.3) is 0 Å². The molecule has 0 amide bonds. The minimum Gasteiger partial charge on any atom is -0.384 e. The Hall–Kier alpha value is -1.55. The van der Waals surface area contributed by atoms with Crippen LogP contribution in [0.15, 0.2) is 18.2 Å². The van der Waals surface area contributed by atoms with Crippen LogP contribution in [0, 0.1) is 18.3 Å². The van der Waals surface area contributed by atoms with Gasteiger partial charge in [0.05, 0.1) is 6.10 Å². The van der Waals surface area contributed by atoms with E-state index in [1.807, 2.05) is 19.1 Å². The third kappa shape index (κ3) is 2.89. The van der Waals surface area contributed by atoms with Crippen molar-refractivity contribution < 1.29 is 4.74 Å². The molecule has 1 aliphatic heterocycles. The zero-order valence-electron chi connectivity index (χ0n) is 11.9. The van der Waals surface area contributed by atoms with Gasteiger partial charge in [0.1, 0.15) is 5.84 Å². The number of rotatable bonds is 3. The first kappa shape index (κ1) is 13.9. The van der Waals surface area contributed by atoms with Gasteiger partial charge in [-0.2, -0.15) is 0 Å². The summed E-state index contributed by atoms with van der Waals surface area (Å²) in [5, 5.41) is 7.52. The summed E-state index contributed by atoms with van der Waals surface area (Å²) in [6.07, 6.45) is 1.44. The first-order chi connectivity index (χ1) is 9.02. The Bertz CT molecular complexity index is 472. The van der Waals surface area contributed by atoms with Crippen LogP contribution in [-0.2, 0) is 4.74 Å². The van der Waals surface area contributed by atoms with Gasteiger partial charge < -0.3 is 15.4 Å². The molecule has 1 aliphatic rings. The van der Waals surface area contributed by atoms with Crippen LogP contribution in [0.4, 0.5) is 5.69 Å². The van der Waals surface area contributed by atoms with Gasteiger partial charge >= 0.3 is 0 Å². The molecule has 0 radical (unpaired) electrons.